The number of rotatable bonds is 4. The van der Waals surface area contributed by atoms with Crippen LogP contribution in [0.3, 0.4) is 0 Å². The minimum Gasteiger partial charge on any atom is -0.326 e. The van der Waals surface area contributed by atoms with E-state index < -0.39 is 0 Å². The zero-order chi connectivity index (χ0) is 16.1. The van der Waals surface area contributed by atoms with E-state index in [9.17, 15) is 4.79 Å². The summed E-state index contributed by atoms with van der Waals surface area (Å²) in [6.07, 6.45) is 0. The number of thiophene rings is 1. The highest BCUT2D eigenvalue weighted by molar-refractivity contribution is 7.10. The fourth-order valence-corrected chi connectivity index (χ4v) is 3.16. The number of hydrogen-bond donors (Lipinski definition) is 2. The molecule has 2 aromatic carbocycles. The number of carbonyl (C=O) groups excluding carboxylic acids is 1. The van der Waals surface area contributed by atoms with Crippen LogP contribution in [-0.2, 0) is 0 Å². The lowest BCUT2D eigenvalue weighted by atomic mass is 10.1. The maximum absolute atomic E-state index is 12.4. The van der Waals surface area contributed by atoms with Gasteiger partial charge in [-0.05, 0) is 36.1 Å². The van der Waals surface area contributed by atoms with Gasteiger partial charge in [0.1, 0.15) is 0 Å². The normalized spacial score (nSPS) is 11.7. The molecule has 23 heavy (non-hydrogen) atoms. The van der Waals surface area contributed by atoms with Gasteiger partial charge in [-0.1, -0.05) is 54.1 Å². The Morgan fingerprint density at radius 1 is 0.957 bits per heavy atom. The monoisotopic (exact) mass is 322 g/mol. The second-order valence-electron chi connectivity index (χ2n) is 5.32. The van der Waals surface area contributed by atoms with Gasteiger partial charge in [0.25, 0.3) is 0 Å². The first-order chi connectivity index (χ1) is 11.2. The van der Waals surface area contributed by atoms with E-state index in [1.54, 1.807) is 11.3 Å². The second kappa shape index (κ2) is 7.11. The van der Waals surface area contributed by atoms with Crippen LogP contribution in [-0.4, -0.2) is 6.03 Å². The molecular weight excluding hydrogens is 304 g/mol. The summed E-state index contributed by atoms with van der Waals surface area (Å²) < 4.78 is 0. The molecule has 0 bridgehead atoms. The second-order valence-corrected chi connectivity index (χ2v) is 6.30. The standard InChI is InChI=1S/C19H18N2OS/c1-14-9-11-16(12-10-14)20-19(22)21-18(17-8-5-13-23-17)15-6-3-2-4-7-15/h2-13,18H,1H3,(H2,20,21,22)/t18-/m0/s1. The number of carbonyl (C=O) groups is 1. The van der Waals surface area contributed by atoms with Crippen LogP contribution in [0.5, 0.6) is 0 Å². The first kappa shape index (κ1) is 15.3. The largest absolute Gasteiger partial charge is 0.326 e. The summed E-state index contributed by atoms with van der Waals surface area (Å²) in [5.41, 5.74) is 3.01. The zero-order valence-electron chi connectivity index (χ0n) is 12.8. The van der Waals surface area contributed by atoms with Crippen molar-refractivity contribution < 1.29 is 4.79 Å². The molecule has 0 aliphatic carbocycles. The Bertz CT molecular complexity index is 752. The van der Waals surface area contributed by atoms with Crippen molar-refractivity contribution in [2.45, 2.75) is 13.0 Å². The van der Waals surface area contributed by atoms with Gasteiger partial charge < -0.3 is 10.6 Å². The first-order valence-corrected chi connectivity index (χ1v) is 8.33. The lowest BCUT2D eigenvalue weighted by molar-refractivity contribution is 0.250. The molecule has 0 radical (unpaired) electrons. The molecule has 0 fully saturated rings. The average Bonchev–Trinajstić information content (AvgIpc) is 3.10. The smallest absolute Gasteiger partial charge is 0.320 e. The predicted octanol–water partition coefficient (Wildman–Crippen LogP) is 4.97. The van der Waals surface area contributed by atoms with Gasteiger partial charge in [0.2, 0.25) is 0 Å². The summed E-state index contributed by atoms with van der Waals surface area (Å²) in [7, 11) is 0. The van der Waals surface area contributed by atoms with E-state index >= 15 is 0 Å². The molecule has 2 amide bonds. The van der Waals surface area contributed by atoms with Crippen LogP contribution in [0.15, 0.2) is 72.1 Å². The molecule has 4 heteroatoms. The molecule has 3 aromatic rings. The Morgan fingerprint density at radius 2 is 1.70 bits per heavy atom. The molecule has 116 valence electrons. The van der Waals surface area contributed by atoms with Crippen molar-refractivity contribution in [1.29, 1.82) is 0 Å². The Balaban J connectivity index is 1.76. The number of anilines is 1. The molecule has 0 unspecified atom stereocenters. The lowest BCUT2D eigenvalue weighted by Gasteiger charge is -2.18. The van der Waals surface area contributed by atoms with Crippen LogP contribution in [0.25, 0.3) is 0 Å². The molecule has 3 nitrogen and oxygen atoms in total. The number of aryl methyl sites for hydroxylation is 1. The Hall–Kier alpha value is -2.59. The van der Waals surface area contributed by atoms with E-state index in [4.69, 9.17) is 0 Å². The Labute approximate surface area is 140 Å². The van der Waals surface area contributed by atoms with Crippen molar-refractivity contribution in [3.05, 3.63) is 88.1 Å². The number of nitrogens with one attached hydrogen (secondary N) is 2. The third kappa shape index (κ3) is 3.99. The molecule has 1 aromatic heterocycles. The minimum atomic E-state index is -0.212. The molecule has 0 spiro atoms. The van der Waals surface area contributed by atoms with E-state index in [1.807, 2.05) is 79.0 Å². The number of benzene rings is 2. The van der Waals surface area contributed by atoms with Gasteiger partial charge >= 0.3 is 6.03 Å². The van der Waals surface area contributed by atoms with Gasteiger partial charge in [-0.2, -0.15) is 0 Å². The van der Waals surface area contributed by atoms with Gasteiger partial charge in [-0.15, -0.1) is 11.3 Å². The van der Waals surface area contributed by atoms with Crippen LogP contribution in [0.1, 0.15) is 22.0 Å². The summed E-state index contributed by atoms with van der Waals surface area (Å²) in [5.74, 6) is 0. The van der Waals surface area contributed by atoms with Crippen molar-refractivity contribution in [2.24, 2.45) is 0 Å². The van der Waals surface area contributed by atoms with Crippen molar-refractivity contribution in [3.63, 3.8) is 0 Å². The van der Waals surface area contributed by atoms with Gasteiger partial charge in [0.15, 0.2) is 0 Å². The van der Waals surface area contributed by atoms with Crippen LogP contribution in [0, 0.1) is 6.92 Å². The third-order valence-corrected chi connectivity index (χ3v) is 4.48. The number of hydrogen-bond acceptors (Lipinski definition) is 2. The molecule has 0 saturated carbocycles. The minimum absolute atomic E-state index is 0.151. The summed E-state index contributed by atoms with van der Waals surface area (Å²) in [6.45, 7) is 2.02. The summed E-state index contributed by atoms with van der Waals surface area (Å²) in [5, 5.41) is 7.96. The van der Waals surface area contributed by atoms with E-state index in [2.05, 4.69) is 10.6 Å². The van der Waals surface area contributed by atoms with Gasteiger partial charge in [-0.3, -0.25) is 0 Å². The Kier molecular flexibility index (Phi) is 4.74. The number of urea groups is 1. The third-order valence-electron chi connectivity index (χ3n) is 3.55. The zero-order valence-corrected chi connectivity index (χ0v) is 13.6. The topological polar surface area (TPSA) is 41.1 Å². The van der Waals surface area contributed by atoms with E-state index in [1.165, 1.54) is 0 Å². The van der Waals surface area contributed by atoms with Crippen LogP contribution in [0.2, 0.25) is 0 Å². The van der Waals surface area contributed by atoms with Crippen molar-refractivity contribution in [2.75, 3.05) is 5.32 Å². The maximum atomic E-state index is 12.4. The summed E-state index contributed by atoms with van der Waals surface area (Å²) in [6, 6.07) is 21.4. The van der Waals surface area contributed by atoms with Crippen LogP contribution in [0.4, 0.5) is 10.5 Å². The van der Waals surface area contributed by atoms with Crippen molar-refractivity contribution in [1.82, 2.24) is 5.32 Å². The molecule has 1 atom stereocenters. The fraction of sp³-hybridized carbons (Fsp3) is 0.105. The molecule has 0 aliphatic rings. The quantitative estimate of drug-likeness (QED) is 0.700. The molecule has 0 saturated heterocycles. The lowest BCUT2D eigenvalue weighted by Crippen LogP contribution is -2.32. The van der Waals surface area contributed by atoms with E-state index in [0.29, 0.717) is 0 Å². The average molecular weight is 322 g/mol. The summed E-state index contributed by atoms with van der Waals surface area (Å²) in [4.78, 5) is 13.5. The highest BCUT2D eigenvalue weighted by Gasteiger charge is 2.17. The van der Waals surface area contributed by atoms with Crippen molar-refractivity contribution in [3.8, 4) is 0 Å². The molecule has 0 aliphatic heterocycles. The predicted molar refractivity (Wildman–Crippen MR) is 95.9 cm³/mol. The van der Waals surface area contributed by atoms with Crippen LogP contribution < -0.4 is 10.6 Å². The molecular formula is C19H18N2OS. The molecule has 1 heterocycles. The van der Waals surface area contributed by atoms with Gasteiger partial charge in [0, 0.05) is 10.6 Å². The Morgan fingerprint density at radius 3 is 2.35 bits per heavy atom. The SMILES string of the molecule is Cc1ccc(NC(=O)N[C@@H](c2ccccc2)c2cccs2)cc1. The summed E-state index contributed by atoms with van der Waals surface area (Å²) >= 11 is 1.63. The highest BCUT2D eigenvalue weighted by atomic mass is 32.1. The van der Waals surface area contributed by atoms with E-state index in [0.717, 1.165) is 21.7 Å². The molecule has 3 rings (SSSR count). The van der Waals surface area contributed by atoms with E-state index in [-0.39, 0.29) is 12.1 Å². The fourth-order valence-electron chi connectivity index (χ4n) is 2.35. The van der Waals surface area contributed by atoms with Crippen LogP contribution >= 0.6 is 11.3 Å². The van der Waals surface area contributed by atoms with Gasteiger partial charge in [-0.25, -0.2) is 4.79 Å². The highest BCUT2D eigenvalue weighted by Crippen LogP contribution is 2.26. The molecule has 2 N–H and O–H groups in total. The number of amides is 2. The first-order valence-electron chi connectivity index (χ1n) is 7.45. The van der Waals surface area contributed by atoms with Crippen molar-refractivity contribution >= 4 is 23.1 Å². The van der Waals surface area contributed by atoms with Gasteiger partial charge in [0.05, 0.1) is 6.04 Å². The maximum Gasteiger partial charge on any atom is 0.320 e.